The summed E-state index contributed by atoms with van der Waals surface area (Å²) < 4.78 is 8.83. The van der Waals surface area contributed by atoms with Gasteiger partial charge in [0.15, 0.2) is 5.84 Å². The standard InChI is InChI=1S/C42H29N3O/c1-27-24-36(28-12-4-2-5-13-28)43-42(29-14-6-3-7-15-29)44-41(27)30-20-22-34-35-26-31(21-23-39(35)46-40(34)25-30)45-37-18-10-8-16-32(37)33-17-9-11-19-38(33)45/h2-23,25-26,41H,1,24H2. The molecule has 4 nitrogen and oxygen atoms in total. The van der Waals surface area contributed by atoms with Gasteiger partial charge in [0, 0.05) is 39.2 Å². The number of hydrogen-bond acceptors (Lipinski definition) is 3. The zero-order chi connectivity index (χ0) is 30.6. The number of rotatable bonds is 4. The van der Waals surface area contributed by atoms with Crippen molar-refractivity contribution in [3.05, 3.63) is 174 Å². The lowest BCUT2D eigenvalue weighted by Crippen LogP contribution is -2.05. The highest BCUT2D eigenvalue weighted by molar-refractivity contribution is 6.14. The van der Waals surface area contributed by atoms with E-state index in [1.54, 1.807) is 0 Å². The van der Waals surface area contributed by atoms with Gasteiger partial charge in [-0.3, -0.25) is 4.99 Å². The molecule has 1 aliphatic heterocycles. The summed E-state index contributed by atoms with van der Waals surface area (Å²) in [5.41, 5.74) is 10.3. The average molecular weight is 592 g/mol. The molecule has 1 unspecified atom stereocenters. The third kappa shape index (κ3) is 4.30. The fourth-order valence-corrected chi connectivity index (χ4v) is 6.85. The Bertz CT molecular complexity index is 2460. The molecular weight excluding hydrogens is 562 g/mol. The van der Waals surface area contributed by atoms with Crippen LogP contribution in [0.15, 0.2) is 172 Å². The molecule has 9 rings (SSSR count). The van der Waals surface area contributed by atoms with E-state index in [1.807, 2.05) is 36.4 Å². The maximum Gasteiger partial charge on any atom is 0.155 e. The van der Waals surface area contributed by atoms with Crippen LogP contribution in [0.1, 0.15) is 29.2 Å². The van der Waals surface area contributed by atoms with Crippen molar-refractivity contribution in [1.29, 1.82) is 0 Å². The van der Waals surface area contributed by atoms with Gasteiger partial charge < -0.3 is 8.98 Å². The summed E-state index contributed by atoms with van der Waals surface area (Å²) in [6.45, 7) is 4.53. The van der Waals surface area contributed by atoms with E-state index >= 15 is 0 Å². The molecule has 2 aromatic heterocycles. The number of hydrogen-bond donors (Lipinski definition) is 0. The lowest BCUT2D eigenvalue weighted by atomic mass is 9.94. The molecule has 46 heavy (non-hydrogen) atoms. The quantitative estimate of drug-likeness (QED) is 0.188. The lowest BCUT2D eigenvalue weighted by Gasteiger charge is -2.15. The van der Waals surface area contributed by atoms with Crippen LogP contribution < -0.4 is 0 Å². The van der Waals surface area contributed by atoms with Gasteiger partial charge >= 0.3 is 0 Å². The summed E-state index contributed by atoms with van der Waals surface area (Å²) in [5, 5.41) is 4.66. The fraction of sp³-hybridized carbons (Fsp3) is 0.0476. The minimum absolute atomic E-state index is 0.258. The number of amidine groups is 1. The molecule has 3 heterocycles. The van der Waals surface area contributed by atoms with E-state index < -0.39 is 0 Å². The van der Waals surface area contributed by atoms with Crippen molar-refractivity contribution in [2.45, 2.75) is 12.5 Å². The van der Waals surface area contributed by atoms with Crippen molar-refractivity contribution in [3.8, 4) is 5.69 Å². The normalized spacial score (nSPS) is 15.4. The zero-order valence-corrected chi connectivity index (χ0v) is 25.1. The van der Waals surface area contributed by atoms with E-state index in [2.05, 4.69) is 120 Å². The fourth-order valence-electron chi connectivity index (χ4n) is 6.85. The highest BCUT2D eigenvalue weighted by atomic mass is 16.3. The Morgan fingerprint density at radius 1 is 0.587 bits per heavy atom. The van der Waals surface area contributed by atoms with E-state index in [0.717, 1.165) is 55.6 Å². The van der Waals surface area contributed by atoms with Crippen LogP contribution in [0, 0.1) is 0 Å². The first-order valence-corrected chi connectivity index (χ1v) is 15.6. The highest BCUT2D eigenvalue weighted by Crippen LogP contribution is 2.38. The first-order chi connectivity index (χ1) is 22.7. The average Bonchev–Trinajstić information content (AvgIpc) is 3.58. The predicted octanol–water partition coefficient (Wildman–Crippen LogP) is 10.6. The van der Waals surface area contributed by atoms with Gasteiger partial charge in [-0.1, -0.05) is 116 Å². The number of aliphatic imine (C=N–C) groups is 2. The van der Waals surface area contributed by atoms with Crippen molar-refractivity contribution < 1.29 is 4.42 Å². The topological polar surface area (TPSA) is 42.8 Å². The molecule has 0 N–H and O–H groups in total. The van der Waals surface area contributed by atoms with Gasteiger partial charge in [0.2, 0.25) is 0 Å². The van der Waals surface area contributed by atoms with E-state index in [4.69, 9.17) is 14.4 Å². The maximum atomic E-state index is 6.48. The number of benzene rings is 6. The third-order valence-electron chi connectivity index (χ3n) is 9.05. The molecule has 218 valence electrons. The predicted molar refractivity (Wildman–Crippen MR) is 191 cm³/mol. The number of furan rings is 1. The molecule has 0 saturated heterocycles. The third-order valence-corrected chi connectivity index (χ3v) is 9.05. The van der Waals surface area contributed by atoms with E-state index in [0.29, 0.717) is 12.3 Å². The molecule has 0 bridgehead atoms. The van der Waals surface area contributed by atoms with Crippen molar-refractivity contribution in [1.82, 2.24) is 4.57 Å². The molecule has 8 aromatic rings. The van der Waals surface area contributed by atoms with Gasteiger partial charge in [0.05, 0.1) is 22.8 Å². The number of para-hydroxylation sites is 2. The molecular formula is C42H29N3O. The van der Waals surface area contributed by atoms with Crippen molar-refractivity contribution in [3.63, 3.8) is 0 Å². The Labute approximate surface area is 266 Å². The van der Waals surface area contributed by atoms with Crippen LogP contribution >= 0.6 is 0 Å². The zero-order valence-electron chi connectivity index (χ0n) is 25.1. The van der Waals surface area contributed by atoms with E-state index in [1.165, 1.54) is 21.8 Å². The largest absolute Gasteiger partial charge is 0.456 e. The van der Waals surface area contributed by atoms with Crippen molar-refractivity contribution in [2.24, 2.45) is 9.98 Å². The van der Waals surface area contributed by atoms with Crippen LogP contribution in [-0.2, 0) is 0 Å². The van der Waals surface area contributed by atoms with Crippen LogP contribution in [0.3, 0.4) is 0 Å². The smallest absolute Gasteiger partial charge is 0.155 e. The SMILES string of the molecule is C=C1CC(c2ccccc2)=NC(c2ccccc2)=NC1c1ccc2c(c1)oc1ccc(-n3c4ccccc4c4ccccc43)cc12. The first-order valence-electron chi connectivity index (χ1n) is 15.6. The molecule has 0 fully saturated rings. The van der Waals surface area contributed by atoms with E-state index in [-0.39, 0.29) is 6.04 Å². The summed E-state index contributed by atoms with van der Waals surface area (Å²) in [6, 6.07) is 50.4. The van der Waals surface area contributed by atoms with E-state index in [9.17, 15) is 0 Å². The Balaban J connectivity index is 1.15. The number of fused-ring (bicyclic) bond motifs is 6. The summed E-state index contributed by atoms with van der Waals surface area (Å²) in [4.78, 5) is 10.3. The molecule has 0 saturated carbocycles. The van der Waals surface area contributed by atoms with Crippen molar-refractivity contribution in [2.75, 3.05) is 0 Å². The van der Waals surface area contributed by atoms with Gasteiger partial charge in [0.1, 0.15) is 11.2 Å². The van der Waals surface area contributed by atoms with Crippen LogP contribution in [0.4, 0.5) is 0 Å². The van der Waals surface area contributed by atoms with Crippen molar-refractivity contribution >= 4 is 55.3 Å². The molecule has 0 aliphatic carbocycles. The summed E-state index contributed by atoms with van der Waals surface area (Å²) in [6.07, 6.45) is 0.634. The molecule has 0 spiro atoms. The second-order valence-electron chi connectivity index (χ2n) is 11.9. The van der Waals surface area contributed by atoms with Gasteiger partial charge in [-0.25, -0.2) is 4.99 Å². The molecule has 4 heteroatoms. The Morgan fingerprint density at radius 2 is 1.24 bits per heavy atom. The van der Waals surface area contributed by atoms with Crippen LogP contribution in [0.2, 0.25) is 0 Å². The lowest BCUT2D eigenvalue weighted by molar-refractivity contribution is 0.667. The number of nitrogens with zero attached hydrogens (tertiary/aromatic N) is 3. The van der Waals surface area contributed by atoms with Gasteiger partial charge in [-0.15, -0.1) is 0 Å². The highest BCUT2D eigenvalue weighted by Gasteiger charge is 2.24. The minimum Gasteiger partial charge on any atom is -0.456 e. The van der Waals surface area contributed by atoms with Gasteiger partial charge in [-0.2, -0.15) is 0 Å². The second kappa shape index (κ2) is 10.6. The van der Waals surface area contributed by atoms with Gasteiger partial charge in [-0.05, 0) is 53.1 Å². The molecule has 0 radical (unpaired) electrons. The van der Waals surface area contributed by atoms with Crippen LogP contribution in [0.25, 0.3) is 49.4 Å². The van der Waals surface area contributed by atoms with Crippen LogP contribution in [0.5, 0.6) is 0 Å². The second-order valence-corrected chi connectivity index (χ2v) is 11.9. The number of aromatic nitrogens is 1. The summed E-state index contributed by atoms with van der Waals surface area (Å²) in [7, 11) is 0. The molecule has 1 aliphatic rings. The first kappa shape index (κ1) is 26.4. The Morgan fingerprint density at radius 3 is 1.96 bits per heavy atom. The van der Waals surface area contributed by atoms with Gasteiger partial charge in [0.25, 0.3) is 0 Å². The molecule has 1 atom stereocenters. The summed E-state index contributed by atoms with van der Waals surface area (Å²) in [5.74, 6) is 0.712. The Kier molecular flexibility index (Phi) is 6.07. The molecule has 0 amide bonds. The summed E-state index contributed by atoms with van der Waals surface area (Å²) >= 11 is 0. The Hall–Kier alpha value is -6.00. The minimum atomic E-state index is -0.258. The molecule has 6 aromatic carbocycles. The van der Waals surface area contributed by atoms with Crippen LogP contribution in [-0.4, -0.2) is 16.1 Å². The monoisotopic (exact) mass is 591 g/mol. The maximum absolute atomic E-state index is 6.48.